The zero-order valence-electron chi connectivity index (χ0n) is 11.8. The molecule has 1 N–H and O–H groups in total. The lowest BCUT2D eigenvalue weighted by Gasteiger charge is -2.24. The van der Waals surface area contributed by atoms with E-state index in [0.717, 1.165) is 24.5 Å². The standard InChI is InChI=1S/C14H23NO2.ClH/c1-6-14(2,3)15-10-11-7-8-12(16-4)13(9-11)17-5;/h7-9,15H,6,10H2,1-5H3;1H/p-1. The third-order valence-electron chi connectivity index (χ3n) is 3.10. The summed E-state index contributed by atoms with van der Waals surface area (Å²) in [7, 11) is 3.31. The van der Waals surface area contributed by atoms with Gasteiger partial charge in [-0.25, -0.2) is 0 Å². The number of rotatable bonds is 6. The lowest BCUT2D eigenvalue weighted by molar-refractivity contribution is -0.00000471. The van der Waals surface area contributed by atoms with Crippen molar-refractivity contribution in [3.05, 3.63) is 23.8 Å². The quantitative estimate of drug-likeness (QED) is 0.790. The van der Waals surface area contributed by atoms with Crippen molar-refractivity contribution in [3.63, 3.8) is 0 Å². The third kappa shape index (κ3) is 4.75. The minimum absolute atomic E-state index is 0. The van der Waals surface area contributed by atoms with Crippen LogP contribution in [-0.2, 0) is 6.54 Å². The highest BCUT2D eigenvalue weighted by atomic mass is 35.5. The Morgan fingerprint density at radius 3 is 2.22 bits per heavy atom. The Hall–Kier alpha value is -0.930. The highest BCUT2D eigenvalue weighted by molar-refractivity contribution is 5.42. The molecule has 1 aromatic carbocycles. The first-order valence-corrected chi connectivity index (χ1v) is 5.98. The molecule has 0 unspecified atom stereocenters. The molecule has 0 saturated heterocycles. The van der Waals surface area contributed by atoms with E-state index in [1.54, 1.807) is 14.2 Å². The molecule has 3 nitrogen and oxygen atoms in total. The molecule has 0 spiro atoms. The number of methoxy groups -OCH3 is 2. The number of ether oxygens (including phenoxy) is 2. The predicted octanol–water partition coefficient (Wildman–Crippen LogP) is -0.0140. The minimum Gasteiger partial charge on any atom is -1.00 e. The Labute approximate surface area is 116 Å². The van der Waals surface area contributed by atoms with Crippen LogP contribution in [0, 0.1) is 0 Å². The highest BCUT2D eigenvalue weighted by Crippen LogP contribution is 2.27. The maximum Gasteiger partial charge on any atom is 0.161 e. The van der Waals surface area contributed by atoms with Gasteiger partial charge >= 0.3 is 0 Å². The summed E-state index contributed by atoms with van der Waals surface area (Å²) in [4.78, 5) is 0. The maximum absolute atomic E-state index is 5.28. The Bertz CT molecular complexity index is 367. The van der Waals surface area contributed by atoms with Crippen molar-refractivity contribution in [2.24, 2.45) is 0 Å². The molecule has 0 saturated carbocycles. The molecule has 0 heterocycles. The van der Waals surface area contributed by atoms with Crippen molar-refractivity contribution in [2.75, 3.05) is 14.2 Å². The number of nitrogens with one attached hydrogen (secondary N) is 1. The van der Waals surface area contributed by atoms with E-state index < -0.39 is 0 Å². The van der Waals surface area contributed by atoms with E-state index in [1.807, 2.05) is 12.1 Å². The second-order valence-electron chi connectivity index (χ2n) is 4.78. The van der Waals surface area contributed by atoms with Crippen LogP contribution in [0.4, 0.5) is 0 Å². The fraction of sp³-hybridized carbons (Fsp3) is 0.571. The summed E-state index contributed by atoms with van der Waals surface area (Å²) >= 11 is 0. The molecule has 0 aromatic heterocycles. The number of benzene rings is 1. The van der Waals surface area contributed by atoms with Gasteiger partial charge in [0.1, 0.15) is 0 Å². The van der Waals surface area contributed by atoms with Crippen LogP contribution in [0.2, 0.25) is 0 Å². The minimum atomic E-state index is 0. The van der Waals surface area contributed by atoms with Gasteiger partial charge in [0.25, 0.3) is 0 Å². The first-order valence-electron chi connectivity index (χ1n) is 5.98. The van der Waals surface area contributed by atoms with E-state index in [2.05, 4.69) is 32.2 Å². The van der Waals surface area contributed by atoms with Crippen molar-refractivity contribution < 1.29 is 21.9 Å². The summed E-state index contributed by atoms with van der Waals surface area (Å²) in [6.07, 6.45) is 1.10. The summed E-state index contributed by atoms with van der Waals surface area (Å²) in [6.45, 7) is 7.42. The zero-order valence-corrected chi connectivity index (χ0v) is 12.6. The summed E-state index contributed by atoms with van der Waals surface area (Å²) in [5, 5.41) is 3.52. The number of hydrogen-bond donors (Lipinski definition) is 1. The Morgan fingerprint density at radius 2 is 1.72 bits per heavy atom. The van der Waals surface area contributed by atoms with E-state index >= 15 is 0 Å². The van der Waals surface area contributed by atoms with Crippen molar-refractivity contribution in [1.82, 2.24) is 5.32 Å². The van der Waals surface area contributed by atoms with Gasteiger partial charge in [0.15, 0.2) is 11.5 Å². The predicted molar refractivity (Wildman–Crippen MR) is 70.8 cm³/mol. The van der Waals surface area contributed by atoms with Crippen LogP contribution < -0.4 is 27.2 Å². The molecular weight excluding hydrogens is 250 g/mol. The SMILES string of the molecule is CCC(C)(C)NCc1ccc(OC)c(OC)c1.[Cl-]. The molecule has 0 aliphatic heterocycles. The van der Waals surface area contributed by atoms with Crippen LogP contribution in [0.5, 0.6) is 11.5 Å². The fourth-order valence-electron chi connectivity index (χ4n) is 1.46. The lowest BCUT2D eigenvalue weighted by Crippen LogP contribution is -3.00. The van der Waals surface area contributed by atoms with E-state index in [0.29, 0.717) is 0 Å². The van der Waals surface area contributed by atoms with Gasteiger partial charge in [-0.1, -0.05) is 13.0 Å². The normalized spacial score (nSPS) is 10.7. The second kappa shape index (κ2) is 7.49. The van der Waals surface area contributed by atoms with E-state index in [1.165, 1.54) is 5.56 Å². The van der Waals surface area contributed by atoms with Crippen molar-refractivity contribution >= 4 is 0 Å². The Balaban J connectivity index is 0.00000289. The van der Waals surface area contributed by atoms with Crippen molar-refractivity contribution in [3.8, 4) is 11.5 Å². The lowest BCUT2D eigenvalue weighted by atomic mass is 10.0. The Morgan fingerprint density at radius 1 is 1.11 bits per heavy atom. The zero-order chi connectivity index (χ0) is 12.9. The molecule has 0 atom stereocenters. The van der Waals surface area contributed by atoms with E-state index in [9.17, 15) is 0 Å². The first-order chi connectivity index (χ1) is 8.02. The van der Waals surface area contributed by atoms with Gasteiger partial charge < -0.3 is 27.2 Å². The molecule has 0 aliphatic rings. The monoisotopic (exact) mass is 272 g/mol. The molecule has 0 aliphatic carbocycles. The Kier molecular flexibility index (Phi) is 7.11. The van der Waals surface area contributed by atoms with Gasteiger partial charge in [-0.05, 0) is 38.0 Å². The molecule has 0 fully saturated rings. The van der Waals surface area contributed by atoms with Gasteiger partial charge in [-0.2, -0.15) is 0 Å². The van der Waals surface area contributed by atoms with Crippen LogP contribution in [0.25, 0.3) is 0 Å². The summed E-state index contributed by atoms with van der Waals surface area (Å²) in [6, 6.07) is 6.01. The molecule has 4 heteroatoms. The van der Waals surface area contributed by atoms with E-state index in [-0.39, 0.29) is 17.9 Å². The van der Waals surface area contributed by atoms with E-state index in [4.69, 9.17) is 9.47 Å². The topological polar surface area (TPSA) is 30.5 Å². The fourth-order valence-corrected chi connectivity index (χ4v) is 1.46. The summed E-state index contributed by atoms with van der Waals surface area (Å²) in [5.74, 6) is 1.55. The second-order valence-corrected chi connectivity index (χ2v) is 4.78. The average molecular weight is 273 g/mol. The van der Waals surface area contributed by atoms with Gasteiger partial charge in [-0.3, -0.25) is 0 Å². The molecule has 18 heavy (non-hydrogen) atoms. The average Bonchev–Trinajstić information content (AvgIpc) is 2.36. The molecule has 1 aromatic rings. The number of halogens is 1. The molecule has 104 valence electrons. The first kappa shape index (κ1) is 17.1. The number of hydrogen-bond acceptors (Lipinski definition) is 3. The van der Waals surface area contributed by atoms with Crippen LogP contribution >= 0.6 is 0 Å². The van der Waals surface area contributed by atoms with Gasteiger partial charge in [0, 0.05) is 12.1 Å². The van der Waals surface area contributed by atoms with Gasteiger partial charge in [-0.15, -0.1) is 0 Å². The van der Waals surface area contributed by atoms with Crippen molar-refractivity contribution in [2.45, 2.75) is 39.3 Å². The van der Waals surface area contributed by atoms with Crippen LogP contribution in [0.1, 0.15) is 32.8 Å². The van der Waals surface area contributed by atoms with Crippen LogP contribution in [-0.4, -0.2) is 19.8 Å². The molecule has 1 rings (SSSR count). The largest absolute Gasteiger partial charge is 1.00 e. The molecule has 0 radical (unpaired) electrons. The molecule has 0 amide bonds. The van der Waals surface area contributed by atoms with Crippen LogP contribution in [0.3, 0.4) is 0 Å². The maximum atomic E-state index is 5.28. The summed E-state index contributed by atoms with van der Waals surface area (Å²) < 4.78 is 10.5. The van der Waals surface area contributed by atoms with Gasteiger partial charge in [0.2, 0.25) is 0 Å². The third-order valence-corrected chi connectivity index (χ3v) is 3.10. The smallest absolute Gasteiger partial charge is 0.161 e. The van der Waals surface area contributed by atoms with Crippen molar-refractivity contribution in [1.29, 1.82) is 0 Å². The van der Waals surface area contributed by atoms with Gasteiger partial charge in [0.05, 0.1) is 14.2 Å². The van der Waals surface area contributed by atoms with Crippen LogP contribution in [0.15, 0.2) is 18.2 Å². The molecule has 0 bridgehead atoms. The summed E-state index contributed by atoms with van der Waals surface area (Å²) in [5.41, 5.74) is 1.36. The highest BCUT2D eigenvalue weighted by Gasteiger charge is 2.14. The molecular formula is C14H23ClNO2-.